The second-order valence-electron chi connectivity index (χ2n) is 5.24. The lowest BCUT2D eigenvalue weighted by atomic mass is 10.1. The third kappa shape index (κ3) is 3.10. The van der Waals surface area contributed by atoms with Gasteiger partial charge in [-0.05, 0) is 42.9 Å². The molecular formula is C18H16N2O2S. The number of hydrogen-bond acceptors (Lipinski definition) is 3. The zero-order valence-electron chi connectivity index (χ0n) is 12.9. The molecule has 0 unspecified atom stereocenters. The molecule has 0 aliphatic carbocycles. The molecule has 1 amide bonds. The number of anilines is 1. The Labute approximate surface area is 140 Å². The molecule has 1 heterocycles. The van der Waals surface area contributed by atoms with E-state index in [1.807, 2.05) is 49.4 Å². The van der Waals surface area contributed by atoms with Gasteiger partial charge in [0.15, 0.2) is 5.11 Å². The van der Waals surface area contributed by atoms with E-state index in [-0.39, 0.29) is 5.91 Å². The molecule has 2 aromatic carbocycles. The molecule has 2 aromatic rings. The van der Waals surface area contributed by atoms with E-state index in [1.165, 1.54) is 10.5 Å². The van der Waals surface area contributed by atoms with Crippen LogP contribution in [-0.2, 0) is 4.79 Å². The number of nitrogens with one attached hydrogen (secondary N) is 1. The van der Waals surface area contributed by atoms with E-state index in [0.29, 0.717) is 22.2 Å². The number of benzene rings is 2. The highest BCUT2D eigenvalue weighted by molar-refractivity contribution is 7.80. The number of aryl methyl sites for hydroxylation is 1. The van der Waals surface area contributed by atoms with Gasteiger partial charge in [0.2, 0.25) is 0 Å². The molecule has 0 bridgehead atoms. The zero-order chi connectivity index (χ0) is 16.4. The molecule has 0 aromatic heterocycles. The number of amides is 1. The van der Waals surface area contributed by atoms with Crippen molar-refractivity contribution in [3.63, 3.8) is 0 Å². The van der Waals surface area contributed by atoms with Gasteiger partial charge in [-0.25, -0.2) is 0 Å². The summed E-state index contributed by atoms with van der Waals surface area (Å²) in [4.78, 5) is 14.1. The van der Waals surface area contributed by atoms with Crippen LogP contribution in [-0.4, -0.2) is 18.1 Å². The topological polar surface area (TPSA) is 41.6 Å². The van der Waals surface area contributed by atoms with Gasteiger partial charge < -0.3 is 10.1 Å². The third-order valence-corrected chi connectivity index (χ3v) is 3.86. The molecule has 0 spiro atoms. The predicted molar refractivity (Wildman–Crippen MR) is 95.4 cm³/mol. The van der Waals surface area contributed by atoms with E-state index in [4.69, 9.17) is 17.0 Å². The van der Waals surface area contributed by atoms with E-state index >= 15 is 0 Å². The maximum atomic E-state index is 12.7. The second-order valence-corrected chi connectivity index (χ2v) is 5.63. The van der Waals surface area contributed by atoms with Crippen LogP contribution in [0.15, 0.2) is 54.2 Å². The van der Waals surface area contributed by atoms with Crippen molar-refractivity contribution < 1.29 is 9.53 Å². The van der Waals surface area contributed by atoms with Crippen molar-refractivity contribution in [3.8, 4) is 5.75 Å². The summed E-state index contributed by atoms with van der Waals surface area (Å²) in [6, 6.07) is 15.2. The van der Waals surface area contributed by atoms with Gasteiger partial charge in [0, 0.05) is 6.07 Å². The summed E-state index contributed by atoms with van der Waals surface area (Å²) in [6.45, 7) is 2.02. The van der Waals surface area contributed by atoms with Gasteiger partial charge in [0.25, 0.3) is 5.91 Å². The third-order valence-electron chi connectivity index (χ3n) is 3.58. The van der Waals surface area contributed by atoms with Crippen LogP contribution in [0.1, 0.15) is 11.1 Å². The van der Waals surface area contributed by atoms with Gasteiger partial charge in [-0.1, -0.05) is 35.9 Å². The van der Waals surface area contributed by atoms with Crippen LogP contribution < -0.4 is 15.0 Å². The SMILES string of the molecule is COc1cccc(N2C(=O)C(=Cc3ccc(C)cc3)NC2=S)c1. The largest absolute Gasteiger partial charge is 0.497 e. The number of hydrogen-bond donors (Lipinski definition) is 1. The fraction of sp³-hybridized carbons (Fsp3) is 0.111. The first-order valence-electron chi connectivity index (χ1n) is 7.16. The van der Waals surface area contributed by atoms with E-state index in [1.54, 1.807) is 19.3 Å². The number of thiocarbonyl (C=S) groups is 1. The molecule has 0 atom stereocenters. The maximum absolute atomic E-state index is 12.7. The van der Waals surface area contributed by atoms with E-state index in [9.17, 15) is 4.79 Å². The Morgan fingerprint density at radius 1 is 1.17 bits per heavy atom. The van der Waals surface area contributed by atoms with Gasteiger partial charge in [-0.3, -0.25) is 9.69 Å². The molecule has 4 nitrogen and oxygen atoms in total. The van der Waals surface area contributed by atoms with Crippen molar-refractivity contribution in [2.75, 3.05) is 12.0 Å². The molecular weight excluding hydrogens is 308 g/mol. The molecule has 1 saturated heterocycles. The summed E-state index contributed by atoms with van der Waals surface area (Å²) in [7, 11) is 1.59. The molecule has 3 rings (SSSR count). The standard InChI is InChI=1S/C18H16N2O2S/c1-12-6-8-13(9-7-12)10-16-17(21)20(18(23)19-16)14-4-3-5-15(11-14)22-2/h3-11H,1-2H3,(H,19,23). The van der Waals surface area contributed by atoms with Crippen LogP contribution >= 0.6 is 12.2 Å². The van der Waals surface area contributed by atoms with Gasteiger partial charge in [0.1, 0.15) is 11.4 Å². The second kappa shape index (κ2) is 6.22. The highest BCUT2D eigenvalue weighted by Gasteiger charge is 2.32. The minimum atomic E-state index is -0.177. The fourth-order valence-corrected chi connectivity index (χ4v) is 2.65. The molecule has 1 aliphatic rings. The number of carbonyl (C=O) groups is 1. The lowest BCUT2D eigenvalue weighted by Crippen LogP contribution is -2.30. The average molecular weight is 324 g/mol. The molecule has 23 heavy (non-hydrogen) atoms. The van der Waals surface area contributed by atoms with E-state index in [0.717, 1.165) is 5.56 Å². The number of ether oxygens (including phenoxy) is 1. The predicted octanol–water partition coefficient (Wildman–Crippen LogP) is 3.27. The minimum absolute atomic E-state index is 0.177. The first-order chi connectivity index (χ1) is 11.1. The Kier molecular flexibility index (Phi) is 4.12. The fourth-order valence-electron chi connectivity index (χ4n) is 2.35. The van der Waals surface area contributed by atoms with Gasteiger partial charge >= 0.3 is 0 Å². The highest BCUT2D eigenvalue weighted by Crippen LogP contribution is 2.26. The molecule has 5 heteroatoms. The average Bonchev–Trinajstić information content (AvgIpc) is 2.83. The van der Waals surface area contributed by atoms with Crippen LogP contribution in [0.2, 0.25) is 0 Å². The highest BCUT2D eigenvalue weighted by atomic mass is 32.1. The Morgan fingerprint density at radius 3 is 2.61 bits per heavy atom. The normalized spacial score (nSPS) is 15.9. The summed E-state index contributed by atoms with van der Waals surface area (Å²) in [5.41, 5.74) is 3.26. The lowest BCUT2D eigenvalue weighted by Gasteiger charge is -2.14. The molecule has 0 saturated carbocycles. The Balaban J connectivity index is 1.91. The number of carbonyl (C=O) groups excluding carboxylic acids is 1. The number of nitrogens with zero attached hydrogens (tertiary/aromatic N) is 1. The van der Waals surface area contributed by atoms with E-state index < -0.39 is 0 Å². The minimum Gasteiger partial charge on any atom is -0.497 e. The molecule has 0 radical (unpaired) electrons. The van der Waals surface area contributed by atoms with Crippen molar-refractivity contribution in [2.24, 2.45) is 0 Å². The zero-order valence-corrected chi connectivity index (χ0v) is 13.7. The van der Waals surface area contributed by atoms with E-state index in [2.05, 4.69) is 5.32 Å². The monoisotopic (exact) mass is 324 g/mol. The van der Waals surface area contributed by atoms with Gasteiger partial charge in [-0.2, -0.15) is 0 Å². The van der Waals surface area contributed by atoms with Crippen LogP contribution in [0.25, 0.3) is 6.08 Å². The van der Waals surface area contributed by atoms with Crippen LogP contribution in [0.5, 0.6) is 5.75 Å². The Bertz CT molecular complexity index is 797. The summed E-state index contributed by atoms with van der Waals surface area (Å²) in [5.74, 6) is 0.498. The Morgan fingerprint density at radius 2 is 1.91 bits per heavy atom. The van der Waals surface area contributed by atoms with Gasteiger partial charge in [-0.15, -0.1) is 0 Å². The first-order valence-corrected chi connectivity index (χ1v) is 7.57. The lowest BCUT2D eigenvalue weighted by molar-refractivity contribution is -0.113. The smallest absolute Gasteiger partial charge is 0.281 e. The Hall–Kier alpha value is -2.66. The van der Waals surface area contributed by atoms with Crippen LogP contribution in [0.4, 0.5) is 5.69 Å². The van der Waals surface area contributed by atoms with Crippen molar-refractivity contribution in [2.45, 2.75) is 6.92 Å². The van der Waals surface area contributed by atoms with Gasteiger partial charge in [0.05, 0.1) is 12.8 Å². The molecule has 1 N–H and O–H groups in total. The molecule has 116 valence electrons. The first kappa shape index (κ1) is 15.2. The quantitative estimate of drug-likeness (QED) is 0.695. The number of methoxy groups -OCH3 is 1. The van der Waals surface area contributed by atoms with Crippen molar-refractivity contribution in [3.05, 3.63) is 65.4 Å². The van der Waals surface area contributed by atoms with Crippen molar-refractivity contribution >= 4 is 35.0 Å². The number of rotatable bonds is 3. The summed E-state index contributed by atoms with van der Waals surface area (Å²) in [5, 5.41) is 3.34. The summed E-state index contributed by atoms with van der Waals surface area (Å²) < 4.78 is 5.20. The van der Waals surface area contributed by atoms with Crippen molar-refractivity contribution in [1.29, 1.82) is 0 Å². The summed E-state index contributed by atoms with van der Waals surface area (Å²) >= 11 is 5.31. The maximum Gasteiger partial charge on any atom is 0.281 e. The molecule has 1 fully saturated rings. The van der Waals surface area contributed by atoms with Crippen LogP contribution in [0, 0.1) is 6.92 Å². The van der Waals surface area contributed by atoms with Crippen molar-refractivity contribution in [1.82, 2.24) is 5.32 Å². The van der Waals surface area contributed by atoms with Crippen LogP contribution in [0.3, 0.4) is 0 Å². The molecule has 1 aliphatic heterocycles. The summed E-state index contributed by atoms with van der Waals surface area (Å²) in [6.07, 6.45) is 1.80.